The van der Waals surface area contributed by atoms with Crippen LogP contribution < -0.4 is 10.6 Å². The molecule has 0 saturated carbocycles. The van der Waals surface area contributed by atoms with Gasteiger partial charge in [0, 0.05) is 37.4 Å². The first-order valence-corrected chi connectivity index (χ1v) is 7.54. The van der Waals surface area contributed by atoms with Crippen LogP contribution in [0.1, 0.15) is 42.6 Å². The standard InChI is InChI=1S/C17H24N2O3/c1-12(2)17(22)19-11-10-18-16(21)9-8-15(20)14-6-4-13(3)5-7-14/h4-7,12H,8-11H2,1-3H3,(H,18,21)(H,19,22). The molecule has 5 nitrogen and oxygen atoms in total. The summed E-state index contributed by atoms with van der Waals surface area (Å²) >= 11 is 0. The minimum atomic E-state index is -0.181. The summed E-state index contributed by atoms with van der Waals surface area (Å²) in [6.45, 7) is 6.35. The van der Waals surface area contributed by atoms with Crippen LogP contribution >= 0.6 is 0 Å². The summed E-state index contributed by atoms with van der Waals surface area (Å²) in [5.41, 5.74) is 1.72. The van der Waals surface area contributed by atoms with E-state index in [4.69, 9.17) is 0 Å². The molecule has 2 N–H and O–H groups in total. The summed E-state index contributed by atoms with van der Waals surface area (Å²) in [6.07, 6.45) is 0.345. The number of carbonyl (C=O) groups is 3. The molecular weight excluding hydrogens is 280 g/mol. The highest BCUT2D eigenvalue weighted by Crippen LogP contribution is 2.07. The van der Waals surface area contributed by atoms with Gasteiger partial charge in [-0.3, -0.25) is 14.4 Å². The molecular formula is C17H24N2O3. The van der Waals surface area contributed by atoms with Crippen molar-refractivity contribution in [1.29, 1.82) is 0 Å². The Balaban J connectivity index is 2.21. The summed E-state index contributed by atoms with van der Waals surface area (Å²) in [5.74, 6) is -0.325. The quantitative estimate of drug-likeness (QED) is 0.568. The summed E-state index contributed by atoms with van der Waals surface area (Å²) < 4.78 is 0. The Hall–Kier alpha value is -2.17. The minimum Gasteiger partial charge on any atom is -0.354 e. The van der Waals surface area contributed by atoms with E-state index in [9.17, 15) is 14.4 Å². The van der Waals surface area contributed by atoms with Gasteiger partial charge in [-0.25, -0.2) is 0 Å². The molecule has 0 spiro atoms. The molecule has 1 aromatic carbocycles. The smallest absolute Gasteiger partial charge is 0.222 e. The fraction of sp³-hybridized carbons (Fsp3) is 0.471. The molecule has 1 aromatic rings. The van der Waals surface area contributed by atoms with Crippen LogP contribution in [0.3, 0.4) is 0 Å². The van der Waals surface area contributed by atoms with Gasteiger partial charge < -0.3 is 10.6 Å². The van der Waals surface area contributed by atoms with Gasteiger partial charge in [-0.15, -0.1) is 0 Å². The van der Waals surface area contributed by atoms with Crippen molar-refractivity contribution in [2.24, 2.45) is 5.92 Å². The largest absolute Gasteiger partial charge is 0.354 e. The lowest BCUT2D eigenvalue weighted by Gasteiger charge is -2.08. The lowest BCUT2D eigenvalue weighted by atomic mass is 10.1. The molecule has 0 aromatic heterocycles. The Morgan fingerprint density at radius 1 is 0.955 bits per heavy atom. The van der Waals surface area contributed by atoms with Crippen molar-refractivity contribution >= 4 is 17.6 Å². The van der Waals surface area contributed by atoms with E-state index in [2.05, 4.69) is 10.6 Å². The maximum absolute atomic E-state index is 11.9. The first-order chi connectivity index (χ1) is 10.4. The SMILES string of the molecule is Cc1ccc(C(=O)CCC(=O)NCCNC(=O)C(C)C)cc1. The number of hydrogen-bond donors (Lipinski definition) is 2. The molecule has 0 aliphatic carbocycles. The van der Waals surface area contributed by atoms with Crippen molar-refractivity contribution in [3.63, 3.8) is 0 Å². The fourth-order valence-electron chi connectivity index (χ4n) is 1.79. The van der Waals surface area contributed by atoms with E-state index in [1.807, 2.05) is 32.9 Å². The van der Waals surface area contributed by atoms with E-state index < -0.39 is 0 Å². The van der Waals surface area contributed by atoms with Crippen molar-refractivity contribution in [1.82, 2.24) is 10.6 Å². The van der Waals surface area contributed by atoms with Gasteiger partial charge in [-0.1, -0.05) is 43.7 Å². The molecule has 22 heavy (non-hydrogen) atoms. The summed E-state index contributed by atoms with van der Waals surface area (Å²) in [7, 11) is 0. The van der Waals surface area contributed by atoms with Gasteiger partial charge in [0.2, 0.25) is 11.8 Å². The molecule has 0 saturated heterocycles. The van der Waals surface area contributed by atoms with Gasteiger partial charge in [-0.2, -0.15) is 0 Å². The van der Waals surface area contributed by atoms with Gasteiger partial charge >= 0.3 is 0 Å². The van der Waals surface area contributed by atoms with Crippen molar-refractivity contribution in [3.05, 3.63) is 35.4 Å². The van der Waals surface area contributed by atoms with Crippen LogP contribution in [-0.2, 0) is 9.59 Å². The van der Waals surface area contributed by atoms with Gasteiger partial charge in [0.25, 0.3) is 0 Å². The van der Waals surface area contributed by atoms with Gasteiger partial charge in [-0.05, 0) is 6.92 Å². The second-order valence-electron chi connectivity index (χ2n) is 5.58. The Morgan fingerprint density at radius 3 is 2.14 bits per heavy atom. The Kier molecular flexibility index (Phi) is 7.29. The number of amides is 2. The normalized spacial score (nSPS) is 10.4. The van der Waals surface area contributed by atoms with Crippen LogP contribution in [0.4, 0.5) is 0 Å². The molecule has 0 aliphatic heterocycles. The molecule has 0 unspecified atom stereocenters. The molecule has 2 amide bonds. The average molecular weight is 304 g/mol. The summed E-state index contributed by atoms with van der Waals surface area (Å²) in [4.78, 5) is 34.9. The molecule has 5 heteroatoms. The number of Topliss-reactive ketones (excluding diaryl/α,β-unsaturated/α-hetero) is 1. The number of ketones is 1. The van der Waals surface area contributed by atoms with Gasteiger partial charge in [0.1, 0.15) is 0 Å². The molecule has 0 radical (unpaired) electrons. The van der Waals surface area contributed by atoms with E-state index in [0.717, 1.165) is 5.56 Å². The highest BCUT2D eigenvalue weighted by atomic mass is 16.2. The number of rotatable bonds is 8. The second-order valence-corrected chi connectivity index (χ2v) is 5.58. The molecule has 1 rings (SSSR count). The van der Waals surface area contributed by atoms with Crippen LogP contribution in [0.25, 0.3) is 0 Å². The molecule has 0 atom stereocenters. The van der Waals surface area contributed by atoms with E-state index in [0.29, 0.717) is 18.7 Å². The monoisotopic (exact) mass is 304 g/mol. The van der Waals surface area contributed by atoms with Gasteiger partial charge in [0.15, 0.2) is 5.78 Å². The maximum Gasteiger partial charge on any atom is 0.222 e. The summed E-state index contributed by atoms with van der Waals surface area (Å²) in [5, 5.41) is 5.40. The molecule has 120 valence electrons. The van der Waals surface area contributed by atoms with Crippen LogP contribution in [-0.4, -0.2) is 30.7 Å². The van der Waals surface area contributed by atoms with Crippen LogP contribution in [0.15, 0.2) is 24.3 Å². The Labute approximate surface area is 131 Å². The first kappa shape index (κ1) is 17.9. The number of aryl methyl sites for hydroxylation is 1. The lowest BCUT2D eigenvalue weighted by molar-refractivity contribution is -0.124. The van der Waals surface area contributed by atoms with Crippen LogP contribution in [0.5, 0.6) is 0 Å². The number of benzene rings is 1. The number of carbonyl (C=O) groups excluding carboxylic acids is 3. The van der Waals surface area contributed by atoms with E-state index in [1.165, 1.54) is 0 Å². The first-order valence-electron chi connectivity index (χ1n) is 7.54. The van der Waals surface area contributed by atoms with Crippen molar-refractivity contribution in [2.75, 3.05) is 13.1 Å². The zero-order chi connectivity index (χ0) is 16.5. The van der Waals surface area contributed by atoms with E-state index in [1.54, 1.807) is 12.1 Å². The highest BCUT2D eigenvalue weighted by Gasteiger charge is 2.09. The van der Waals surface area contributed by atoms with Gasteiger partial charge in [0.05, 0.1) is 0 Å². The summed E-state index contributed by atoms with van der Waals surface area (Å²) in [6, 6.07) is 7.31. The second kappa shape index (κ2) is 8.97. The number of nitrogens with one attached hydrogen (secondary N) is 2. The topological polar surface area (TPSA) is 75.3 Å². The van der Waals surface area contributed by atoms with Crippen molar-refractivity contribution in [2.45, 2.75) is 33.6 Å². The van der Waals surface area contributed by atoms with Crippen LogP contribution in [0.2, 0.25) is 0 Å². The molecule has 0 fully saturated rings. The third kappa shape index (κ3) is 6.52. The third-order valence-corrected chi connectivity index (χ3v) is 3.22. The predicted molar refractivity (Wildman–Crippen MR) is 85.6 cm³/mol. The molecule has 0 aliphatic rings. The molecule has 0 bridgehead atoms. The third-order valence-electron chi connectivity index (χ3n) is 3.22. The zero-order valence-corrected chi connectivity index (χ0v) is 13.4. The fourth-order valence-corrected chi connectivity index (χ4v) is 1.79. The van der Waals surface area contributed by atoms with Crippen molar-refractivity contribution < 1.29 is 14.4 Å². The average Bonchev–Trinajstić information content (AvgIpc) is 2.49. The van der Waals surface area contributed by atoms with Crippen LogP contribution in [0, 0.1) is 12.8 Å². The maximum atomic E-state index is 11.9. The predicted octanol–water partition coefficient (Wildman–Crippen LogP) is 1.85. The lowest BCUT2D eigenvalue weighted by Crippen LogP contribution is -2.36. The molecule has 0 heterocycles. The highest BCUT2D eigenvalue weighted by molar-refractivity contribution is 5.97. The minimum absolute atomic E-state index is 0.0382. The van der Waals surface area contributed by atoms with Crippen molar-refractivity contribution in [3.8, 4) is 0 Å². The van der Waals surface area contributed by atoms with E-state index in [-0.39, 0.29) is 36.4 Å². The number of hydrogen-bond acceptors (Lipinski definition) is 3. The Bertz CT molecular complexity index is 521. The Morgan fingerprint density at radius 2 is 1.55 bits per heavy atom. The van der Waals surface area contributed by atoms with E-state index >= 15 is 0 Å². The zero-order valence-electron chi connectivity index (χ0n) is 13.4.